The predicted octanol–water partition coefficient (Wildman–Crippen LogP) is 3.13. The van der Waals surface area contributed by atoms with Crippen LogP contribution in [0.25, 0.3) is 5.57 Å². The summed E-state index contributed by atoms with van der Waals surface area (Å²) in [6.45, 7) is 0. The third-order valence-electron chi connectivity index (χ3n) is 2.82. The van der Waals surface area contributed by atoms with E-state index in [4.69, 9.17) is 0 Å². The molecule has 2 heterocycles. The minimum atomic E-state index is 1.06. The lowest BCUT2D eigenvalue weighted by molar-refractivity contribution is 0.620. The van der Waals surface area contributed by atoms with Crippen molar-refractivity contribution in [2.75, 3.05) is 7.05 Å². The molecule has 1 aromatic rings. The van der Waals surface area contributed by atoms with Crippen LogP contribution in [0.2, 0.25) is 0 Å². The van der Waals surface area contributed by atoms with E-state index in [1.165, 1.54) is 16.7 Å². The van der Waals surface area contributed by atoms with Gasteiger partial charge in [-0.2, -0.15) is 0 Å². The van der Waals surface area contributed by atoms with Crippen LogP contribution in [0.15, 0.2) is 59.4 Å². The molecule has 1 aromatic carbocycles. The van der Waals surface area contributed by atoms with Crippen molar-refractivity contribution in [1.29, 1.82) is 0 Å². The van der Waals surface area contributed by atoms with Crippen LogP contribution in [0, 0.1) is 0 Å². The van der Waals surface area contributed by atoms with Crippen molar-refractivity contribution in [3.63, 3.8) is 0 Å². The molecule has 0 aliphatic carbocycles. The fourth-order valence-electron chi connectivity index (χ4n) is 1.93. The van der Waals surface area contributed by atoms with Gasteiger partial charge in [-0.3, -0.25) is 4.99 Å². The fourth-order valence-corrected chi connectivity index (χ4v) is 1.93. The number of nitrogens with zero attached hydrogens (tertiary/aromatic N) is 2. The molecule has 3 rings (SSSR count). The molecule has 0 N–H and O–H groups in total. The van der Waals surface area contributed by atoms with Crippen LogP contribution in [0.5, 0.6) is 0 Å². The topological polar surface area (TPSA) is 15.6 Å². The van der Waals surface area contributed by atoms with E-state index in [9.17, 15) is 0 Å². The summed E-state index contributed by atoms with van der Waals surface area (Å²) in [6.07, 6.45) is 10.3. The van der Waals surface area contributed by atoms with Crippen LogP contribution in [0.1, 0.15) is 5.56 Å². The van der Waals surface area contributed by atoms with Gasteiger partial charge in [-0.15, -0.1) is 0 Å². The average molecular weight is 208 g/mol. The molecule has 78 valence electrons. The summed E-state index contributed by atoms with van der Waals surface area (Å²) in [5.41, 5.74) is 4.70. The van der Waals surface area contributed by atoms with Gasteiger partial charge in [0, 0.05) is 36.8 Å². The lowest BCUT2D eigenvalue weighted by Gasteiger charge is -2.13. The number of para-hydroxylation sites is 1. The molecule has 0 amide bonds. The zero-order valence-corrected chi connectivity index (χ0v) is 9.09. The van der Waals surface area contributed by atoms with Gasteiger partial charge in [-0.1, -0.05) is 18.2 Å². The molecule has 2 nitrogen and oxygen atoms in total. The average Bonchev–Trinajstić information content (AvgIpc) is 2.74. The zero-order chi connectivity index (χ0) is 11.0. The molecule has 0 fully saturated rings. The highest BCUT2D eigenvalue weighted by atomic mass is 15.0. The summed E-state index contributed by atoms with van der Waals surface area (Å²) in [5.74, 6) is 0. The quantitative estimate of drug-likeness (QED) is 0.639. The van der Waals surface area contributed by atoms with E-state index in [-0.39, 0.29) is 0 Å². The van der Waals surface area contributed by atoms with E-state index >= 15 is 0 Å². The van der Waals surface area contributed by atoms with Crippen LogP contribution in [0.4, 0.5) is 5.69 Å². The molecule has 0 spiro atoms. The van der Waals surface area contributed by atoms with Gasteiger partial charge in [0.1, 0.15) is 0 Å². The number of aliphatic imine (C=N–C) groups is 1. The number of fused-ring (bicyclic) bond motifs is 1. The standard InChI is InChI=1S/C14H12N2/c1-16-8-6-11(7-9-16)13-10-15-14-5-3-2-4-12(13)14/h2-10H,1H3. The summed E-state index contributed by atoms with van der Waals surface area (Å²) in [7, 11) is 2.02. The molecule has 0 saturated heterocycles. The van der Waals surface area contributed by atoms with Crippen molar-refractivity contribution >= 4 is 17.5 Å². The Balaban J connectivity index is 2.11. The van der Waals surface area contributed by atoms with Gasteiger partial charge in [0.2, 0.25) is 0 Å². The highest BCUT2D eigenvalue weighted by molar-refractivity contribution is 6.18. The predicted molar refractivity (Wildman–Crippen MR) is 67.6 cm³/mol. The van der Waals surface area contributed by atoms with Gasteiger partial charge in [0.25, 0.3) is 0 Å². The van der Waals surface area contributed by atoms with E-state index in [1.807, 2.05) is 30.3 Å². The monoisotopic (exact) mass is 208 g/mol. The van der Waals surface area contributed by atoms with Gasteiger partial charge in [-0.25, -0.2) is 0 Å². The number of hydrogen-bond donors (Lipinski definition) is 0. The Morgan fingerprint density at radius 3 is 2.62 bits per heavy atom. The summed E-state index contributed by atoms with van der Waals surface area (Å²) >= 11 is 0. The van der Waals surface area contributed by atoms with Crippen molar-refractivity contribution in [2.24, 2.45) is 4.99 Å². The van der Waals surface area contributed by atoms with Crippen molar-refractivity contribution in [3.05, 3.63) is 60.0 Å². The van der Waals surface area contributed by atoms with Crippen LogP contribution >= 0.6 is 0 Å². The lowest BCUT2D eigenvalue weighted by atomic mass is 10.0. The highest BCUT2D eigenvalue weighted by Gasteiger charge is 2.14. The molecule has 16 heavy (non-hydrogen) atoms. The molecular weight excluding hydrogens is 196 g/mol. The normalized spacial score (nSPS) is 17.2. The Morgan fingerprint density at radius 1 is 1.06 bits per heavy atom. The number of allylic oxidation sites excluding steroid dienone is 4. The SMILES string of the molecule is CN1C=CC(=C2C=Nc3ccccc32)C=C1. The zero-order valence-electron chi connectivity index (χ0n) is 9.09. The first-order valence-corrected chi connectivity index (χ1v) is 5.31. The first-order valence-electron chi connectivity index (χ1n) is 5.31. The van der Waals surface area contributed by atoms with Gasteiger partial charge < -0.3 is 4.90 Å². The van der Waals surface area contributed by atoms with Crippen molar-refractivity contribution in [1.82, 2.24) is 4.90 Å². The van der Waals surface area contributed by atoms with E-state index in [0.29, 0.717) is 0 Å². The molecule has 0 saturated carbocycles. The maximum atomic E-state index is 4.41. The van der Waals surface area contributed by atoms with Crippen molar-refractivity contribution in [3.8, 4) is 0 Å². The van der Waals surface area contributed by atoms with Crippen molar-refractivity contribution < 1.29 is 0 Å². The molecule has 2 heteroatoms. The Kier molecular flexibility index (Phi) is 2.00. The van der Waals surface area contributed by atoms with Crippen LogP contribution < -0.4 is 0 Å². The van der Waals surface area contributed by atoms with Crippen LogP contribution in [-0.2, 0) is 0 Å². The fraction of sp³-hybridized carbons (Fsp3) is 0.0714. The van der Waals surface area contributed by atoms with Gasteiger partial charge in [0.05, 0.1) is 5.69 Å². The largest absolute Gasteiger partial charge is 0.357 e. The molecular formula is C14H12N2. The first kappa shape index (κ1) is 9.16. The van der Waals surface area contributed by atoms with Gasteiger partial charge in [-0.05, 0) is 23.8 Å². The van der Waals surface area contributed by atoms with Crippen LogP contribution in [-0.4, -0.2) is 18.2 Å². The maximum Gasteiger partial charge on any atom is 0.0709 e. The van der Waals surface area contributed by atoms with Crippen LogP contribution in [0.3, 0.4) is 0 Å². The minimum Gasteiger partial charge on any atom is -0.357 e. The first-order chi connectivity index (χ1) is 7.84. The molecule has 0 radical (unpaired) electrons. The van der Waals surface area contributed by atoms with Crippen molar-refractivity contribution in [2.45, 2.75) is 0 Å². The Morgan fingerprint density at radius 2 is 1.81 bits per heavy atom. The second kappa shape index (κ2) is 3.49. The Hall–Kier alpha value is -2.09. The molecule has 0 atom stereocenters. The van der Waals surface area contributed by atoms with E-state index in [2.05, 4.69) is 41.7 Å². The summed E-state index contributed by atoms with van der Waals surface area (Å²) in [4.78, 5) is 6.44. The molecule has 2 aliphatic rings. The van der Waals surface area contributed by atoms with E-state index < -0.39 is 0 Å². The smallest absolute Gasteiger partial charge is 0.0709 e. The maximum absolute atomic E-state index is 4.41. The molecule has 0 aromatic heterocycles. The molecule has 0 unspecified atom stereocenters. The summed E-state index contributed by atoms with van der Waals surface area (Å²) in [5, 5.41) is 0. The Bertz CT molecular complexity index is 532. The summed E-state index contributed by atoms with van der Waals surface area (Å²) in [6, 6.07) is 8.23. The minimum absolute atomic E-state index is 1.06. The second-order valence-corrected chi connectivity index (χ2v) is 3.94. The summed E-state index contributed by atoms with van der Waals surface area (Å²) < 4.78 is 0. The van der Waals surface area contributed by atoms with Gasteiger partial charge >= 0.3 is 0 Å². The lowest BCUT2D eigenvalue weighted by Crippen LogP contribution is -2.04. The van der Waals surface area contributed by atoms with E-state index in [1.54, 1.807) is 0 Å². The third kappa shape index (κ3) is 1.39. The van der Waals surface area contributed by atoms with E-state index in [0.717, 1.165) is 5.69 Å². The number of benzene rings is 1. The molecule has 0 bridgehead atoms. The Labute approximate surface area is 94.9 Å². The van der Waals surface area contributed by atoms with Gasteiger partial charge in [0.15, 0.2) is 0 Å². The third-order valence-corrected chi connectivity index (χ3v) is 2.82. The molecule has 2 aliphatic heterocycles. The highest BCUT2D eigenvalue weighted by Crippen LogP contribution is 2.34. The number of rotatable bonds is 0. The number of hydrogen-bond acceptors (Lipinski definition) is 2. The second-order valence-electron chi connectivity index (χ2n) is 3.94.